The third-order valence-corrected chi connectivity index (χ3v) is 2.55. The molecule has 0 saturated carbocycles. The summed E-state index contributed by atoms with van der Waals surface area (Å²) >= 11 is 0. The second-order valence-corrected chi connectivity index (χ2v) is 4.18. The Bertz CT molecular complexity index is 393. The van der Waals surface area contributed by atoms with E-state index in [1.54, 1.807) is 4.90 Å². The van der Waals surface area contributed by atoms with Gasteiger partial charge in [-0.2, -0.15) is 13.2 Å². The number of carbonyl (C=O) groups excluding carboxylic acids is 1. The molecule has 0 fully saturated rings. The van der Waals surface area contributed by atoms with Gasteiger partial charge in [0.05, 0.1) is 6.54 Å². The number of rotatable bonds is 6. The average Bonchev–Trinajstić information content (AvgIpc) is 2.36. The highest BCUT2D eigenvalue weighted by molar-refractivity contribution is 5.78. The third-order valence-electron chi connectivity index (χ3n) is 2.55. The van der Waals surface area contributed by atoms with Crippen molar-refractivity contribution in [1.82, 2.24) is 10.2 Å². The van der Waals surface area contributed by atoms with Gasteiger partial charge in [-0.1, -0.05) is 37.3 Å². The molecule has 1 rings (SSSR count). The van der Waals surface area contributed by atoms with Crippen LogP contribution in [0.2, 0.25) is 0 Å². The van der Waals surface area contributed by atoms with Crippen molar-refractivity contribution in [3.63, 3.8) is 0 Å². The van der Waals surface area contributed by atoms with E-state index in [9.17, 15) is 18.0 Å². The van der Waals surface area contributed by atoms with Crippen molar-refractivity contribution in [2.24, 2.45) is 0 Å². The van der Waals surface area contributed by atoms with Gasteiger partial charge in [-0.25, -0.2) is 0 Å². The van der Waals surface area contributed by atoms with E-state index in [1.807, 2.05) is 42.6 Å². The number of likely N-dealkylation sites (N-methyl/N-ethyl adjacent to an activating group) is 1. The topological polar surface area (TPSA) is 32.3 Å². The molecule has 0 heterocycles. The maximum atomic E-state index is 12.0. The second kappa shape index (κ2) is 7.13. The molecule has 1 aromatic rings. The fraction of sp³-hybridized carbons (Fsp3) is 0.462. The fourth-order valence-corrected chi connectivity index (χ4v) is 1.58. The standard InChI is InChI=1S/C13H17F3N2O/c1-2-18(8-11-6-4-3-5-7-11)9-12(19)17-10-13(14,15)16/h3-7H,2,8-10H2,1H3,(H,17,19). The largest absolute Gasteiger partial charge is 0.405 e. The van der Waals surface area contributed by atoms with Gasteiger partial charge < -0.3 is 5.32 Å². The van der Waals surface area contributed by atoms with Gasteiger partial charge in [0.25, 0.3) is 0 Å². The first kappa shape index (κ1) is 15.5. The summed E-state index contributed by atoms with van der Waals surface area (Å²) in [4.78, 5) is 13.2. The average molecular weight is 274 g/mol. The van der Waals surface area contributed by atoms with Crippen LogP contribution in [-0.2, 0) is 11.3 Å². The van der Waals surface area contributed by atoms with Crippen LogP contribution < -0.4 is 5.32 Å². The van der Waals surface area contributed by atoms with E-state index in [1.165, 1.54) is 0 Å². The van der Waals surface area contributed by atoms with Crippen LogP contribution in [0.25, 0.3) is 0 Å². The minimum atomic E-state index is -4.37. The lowest BCUT2D eigenvalue weighted by Gasteiger charge is -2.20. The predicted octanol–water partition coefficient (Wildman–Crippen LogP) is 2.19. The van der Waals surface area contributed by atoms with Crippen molar-refractivity contribution in [2.75, 3.05) is 19.6 Å². The van der Waals surface area contributed by atoms with Crippen LogP contribution in [0.3, 0.4) is 0 Å². The molecule has 0 unspecified atom stereocenters. The Labute approximate surface area is 110 Å². The van der Waals surface area contributed by atoms with Crippen molar-refractivity contribution >= 4 is 5.91 Å². The maximum Gasteiger partial charge on any atom is 0.405 e. The van der Waals surface area contributed by atoms with Gasteiger partial charge in [0.1, 0.15) is 6.54 Å². The molecule has 1 aromatic carbocycles. The van der Waals surface area contributed by atoms with Crippen LogP contribution in [0, 0.1) is 0 Å². The number of hydrogen-bond acceptors (Lipinski definition) is 2. The van der Waals surface area contributed by atoms with Gasteiger partial charge in [-0.3, -0.25) is 9.69 Å². The number of nitrogens with one attached hydrogen (secondary N) is 1. The number of amides is 1. The molecular formula is C13H17F3N2O. The number of carbonyl (C=O) groups is 1. The summed E-state index contributed by atoms with van der Waals surface area (Å²) in [5, 5.41) is 1.87. The normalized spacial score (nSPS) is 11.6. The Morgan fingerprint density at radius 1 is 1.26 bits per heavy atom. The quantitative estimate of drug-likeness (QED) is 0.862. The first-order chi connectivity index (χ1) is 8.90. The van der Waals surface area contributed by atoms with Gasteiger partial charge in [-0.15, -0.1) is 0 Å². The highest BCUT2D eigenvalue weighted by atomic mass is 19.4. The highest BCUT2D eigenvalue weighted by Gasteiger charge is 2.27. The van der Waals surface area contributed by atoms with Crippen LogP contribution >= 0.6 is 0 Å². The molecule has 0 radical (unpaired) electrons. The zero-order valence-electron chi connectivity index (χ0n) is 10.7. The summed E-state index contributed by atoms with van der Waals surface area (Å²) in [7, 11) is 0. The van der Waals surface area contributed by atoms with E-state index in [0.29, 0.717) is 13.1 Å². The van der Waals surface area contributed by atoms with E-state index >= 15 is 0 Å². The predicted molar refractivity (Wildman–Crippen MR) is 66.5 cm³/mol. The first-order valence-corrected chi connectivity index (χ1v) is 6.00. The molecule has 0 saturated heterocycles. The van der Waals surface area contributed by atoms with Crippen LogP contribution in [0.4, 0.5) is 13.2 Å². The van der Waals surface area contributed by atoms with Crippen LogP contribution in [0.5, 0.6) is 0 Å². The highest BCUT2D eigenvalue weighted by Crippen LogP contribution is 2.12. The molecule has 0 bridgehead atoms. The SMILES string of the molecule is CCN(CC(=O)NCC(F)(F)F)Cc1ccccc1. The van der Waals surface area contributed by atoms with Gasteiger partial charge >= 0.3 is 6.18 Å². The van der Waals surface area contributed by atoms with E-state index in [-0.39, 0.29) is 6.54 Å². The Morgan fingerprint density at radius 3 is 2.42 bits per heavy atom. The fourth-order valence-electron chi connectivity index (χ4n) is 1.58. The third kappa shape index (κ3) is 6.81. The number of alkyl halides is 3. The minimum absolute atomic E-state index is 0.0402. The first-order valence-electron chi connectivity index (χ1n) is 6.00. The summed E-state index contributed by atoms with van der Waals surface area (Å²) in [6.45, 7) is 1.67. The summed E-state index contributed by atoms with van der Waals surface area (Å²) < 4.78 is 35.9. The molecular weight excluding hydrogens is 257 g/mol. The molecule has 0 atom stereocenters. The molecule has 6 heteroatoms. The summed E-state index contributed by atoms with van der Waals surface area (Å²) in [5.74, 6) is -0.616. The van der Waals surface area contributed by atoms with Crippen molar-refractivity contribution in [3.8, 4) is 0 Å². The van der Waals surface area contributed by atoms with Gasteiger partial charge in [0.2, 0.25) is 5.91 Å². The zero-order valence-corrected chi connectivity index (χ0v) is 10.7. The minimum Gasteiger partial charge on any atom is -0.346 e. The van der Waals surface area contributed by atoms with Crippen molar-refractivity contribution in [1.29, 1.82) is 0 Å². The molecule has 1 amide bonds. The maximum absolute atomic E-state index is 12.0. The van der Waals surface area contributed by atoms with Crippen molar-refractivity contribution in [3.05, 3.63) is 35.9 Å². The van der Waals surface area contributed by atoms with E-state index in [0.717, 1.165) is 5.56 Å². The van der Waals surface area contributed by atoms with Gasteiger partial charge in [-0.05, 0) is 12.1 Å². The molecule has 106 valence electrons. The molecule has 0 spiro atoms. The Morgan fingerprint density at radius 2 is 1.89 bits per heavy atom. The lowest BCUT2D eigenvalue weighted by atomic mass is 10.2. The molecule has 0 aliphatic rings. The Balaban J connectivity index is 2.42. The van der Waals surface area contributed by atoms with E-state index < -0.39 is 18.6 Å². The van der Waals surface area contributed by atoms with E-state index in [2.05, 4.69) is 0 Å². The van der Waals surface area contributed by atoms with Crippen molar-refractivity contribution < 1.29 is 18.0 Å². The number of benzene rings is 1. The van der Waals surface area contributed by atoms with Gasteiger partial charge in [0, 0.05) is 6.54 Å². The van der Waals surface area contributed by atoms with Crippen LogP contribution in [0.1, 0.15) is 12.5 Å². The van der Waals surface area contributed by atoms with Gasteiger partial charge in [0.15, 0.2) is 0 Å². The van der Waals surface area contributed by atoms with Crippen LogP contribution in [0.15, 0.2) is 30.3 Å². The lowest BCUT2D eigenvalue weighted by Crippen LogP contribution is -2.40. The molecule has 0 aliphatic carbocycles. The number of hydrogen-bond donors (Lipinski definition) is 1. The Hall–Kier alpha value is -1.56. The molecule has 3 nitrogen and oxygen atoms in total. The Kier molecular flexibility index (Phi) is 5.82. The summed E-state index contributed by atoms with van der Waals surface area (Å²) in [6.07, 6.45) is -4.37. The molecule has 1 N–H and O–H groups in total. The summed E-state index contributed by atoms with van der Waals surface area (Å²) in [6, 6.07) is 9.47. The summed E-state index contributed by atoms with van der Waals surface area (Å²) in [5.41, 5.74) is 1.02. The van der Waals surface area contributed by atoms with Crippen LogP contribution in [-0.4, -0.2) is 36.6 Å². The van der Waals surface area contributed by atoms with E-state index in [4.69, 9.17) is 0 Å². The van der Waals surface area contributed by atoms with Crippen molar-refractivity contribution in [2.45, 2.75) is 19.6 Å². The zero-order chi connectivity index (χ0) is 14.3. The molecule has 0 aromatic heterocycles. The monoisotopic (exact) mass is 274 g/mol. The lowest BCUT2D eigenvalue weighted by molar-refractivity contribution is -0.139. The number of halogens is 3. The smallest absolute Gasteiger partial charge is 0.346 e. The molecule has 19 heavy (non-hydrogen) atoms. The second-order valence-electron chi connectivity index (χ2n) is 4.18. The molecule has 0 aliphatic heterocycles. The number of nitrogens with zero attached hydrogens (tertiary/aromatic N) is 1.